The monoisotopic (exact) mass is 335 g/mol. The van der Waals surface area contributed by atoms with Gasteiger partial charge in [-0.25, -0.2) is 4.39 Å². The van der Waals surface area contributed by atoms with Crippen molar-refractivity contribution in [2.75, 3.05) is 26.8 Å². The van der Waals surface area contributed by atoms with Crippen molar-refractivity contribution in [1.29, 1.82) is 0 Å². The third kappa shape index (κ3) is 5.17. The van der Waals surface area contributed by atoms with Crippen molar-refractivity contribution in [1.82, 2.24) is 15.8 Å². The van der Waals surface area contributed by atoms with E-state index in [-0.39, 0.29) is 30.4 Å². The Morgan fingerprint density at radius 2 is 1.96 bits per heavy atom. The molecule has 0 aliphatic carbocycles. The quantitative estimate of drug-likeness (QED) is 0.711. The second-order valence-corrected chi connectivity index (χ2v) is 4.93. The van der Waals surface area contributed by atoms with Crippen LogP contribution in [0, 0.1) is 5.82 Å². The maximum atomic E-state index is 12.9. The normalized spacial score (nSPS) is 10.4. The zero-order chi connectivity index (χ0) is 17.4. The number of aromatic nitrogens is 1. The maximum absolute atomic E-state index is 12.9. The molecule has 0 atom stereocenters. The van der Waals surface area contributed by atoms with Crippen molar-refractivity contribution < 1.29 is 23.2 Å². The van der Waals surface area contributed by atoms with Crippen LogP contribution in [-0.4, -0.2) is 43.8 Å². The number of nitrogens with one attached hydrogen (secondary N) is 2. The molecule has 0 saturated carbocycles. The van der Waals surface area contributed by atoms with E-state index in [0.29, 0.717) is 24.5 Å². The van der Waals surface area contributed by atoms with Crippen molar-refractivity contribution in [3.05, 3.63) is 41.8 Å². The van der Waals surface area contributed by atoms with E-state index in [4.69, 9.17) is 9.26 Å². The van der Waals surface area contributed by atoms with Gasteiger partial charge < -0.3 is 19.9 Å². The molecule has 2 rings (SSSR count). The van der Waals surface area contributed by atoms with Gasteiger partial charge in [-0.15, -0.1) is 0 Å². The van der Waals surface area contributed by atoms with Gasteiger partial charge in [0.25, 0.3) is 5.91 Å². The molecule has 8 heteroatoms. The Labute approximate surface area is 138 Å². The Kier molecular flexibility index (Phi) is 6.44. The number of methoxy groups -OCH3 is 1. The van der Waals surface area contributed by atoms with Gasteiger partial charge in [-0.3, -0.25) is 9.59 Å². The molecule has 0 bridgehead atoms. The zero-order valence-electron chi connectivity index (χ0n) is 13.2. The predicted octanol–water partition coefficient (Wildman–Crippen LogP) is 1.36. The van der Waals surface area contributed by atoms with Crippen LogP contribution in [0.2, 0.25) is 0 Å². The summed E-state index contributed by atoms with van der Waals surface area (Å²) >= 11 is 0. The third-order valence-corrected chi connectivity index (χ3v) is 3.14. The van der Waals surface area contributed by atoms with Gasteiger partial charge in [-0.1, -0.05) is 5.16 Å². The SMILES string of the molecule is COCCNC(=O)CCNC(=O)c1cc(-c2ccc(F)cc2)on1. The smallest absolute Gasteiger partial charge is 0.273 e. The lowest BCUT2D eigenvalue weighted by Gasteiger charge is -2.04. The second-order valence-electron chi connectivity index (χ2n) is 4.93. The van der Waals surface area contributed by atoms with E-state index in [9.17, 15) is 14.0 Å². The Balaban J connectivity index is 1.81. The van der Waals surface area contributed by atoms with Gasteiger partial charge in [0, 0.05) is 38.2 Å². The number of hydrogen-bond donors (Lipinski definition) is 2. The number of nitrogens with zero attached hydrogens (tertiary/aromatic N) is 1. The number of benzene rings is 1. The molecule has 0 fully saturated rings. The summed E-state index contributed by atoms with van der Waals surface area (Å²) < 4.78 is 22.8. The summed E-state index contributed by atoms with van der Waals surface area (Å²) in [5.41, 5.74) is 0.703. The number of ether oxygens (including phenoxy) is 1. The first-order valence-corrected chi connectivity index (χ1v) is 7.36. The lowest BCUT2D eigenvalue weighted by Crippen LogP contribution is -2.32. The van der Waals surface area contributed by atoms with Crippen LogP contribution in [0.25, 0.3) is 11.3 Å². The summed E-state index contributed by atoms with van der Waals surface area (Å²) in [5, 5.41) is 8.90. The molecule has 0 saturated heterocycles. The summed E-state index contributed by atoms with van der Waals surface area (Å²) in [6.07, 6.45) is 0.151. The second kappa shape index (κ2) is 8.78. The summed E-state index contributed by atoms with van der Waals surface area (Å²) in [6.45, 7) is 1.03. The Bertz CT molecular complexity index is 685. The molecule has 1 aromatic heterocycles. The van der Waals surface area contributed by atoms with Crippen LogP contribution in [-0.2, 0) is 9.53 Å². The minimum atomic E-state index is -0.447. The number of halogens is 1. The third-order valence-electron chi connectivity index (χ3n) is 3.14. The molecule has 0 aliphatic rings. The molecule has 128 valence electrons. The van der Waals surface area contributed by atoms with Crippen LogP contribution in [0.5, 0.6) is 0 Å². The number of rotatable bonds is 8. The lowest BCUT2D eigenvalue weighted by molar-refractivity contribution is -0.121. The average Bonchev–Trinajstić information content (AvgIpc) is 3.06. The first-order chi connectivity index (χ1) is 11.6. The molecule has 1 heterocycles. The Morgan fingerprint density at radius 3 is 2.67 bits per heavy atom. The van der Waals surface area contributed by atoms with E-state index >= 15 is 0 Å². The molecule has 7 nitrogen and oxygen atoms in total. The summed E-state index contributed by atoms with van der Waals surface area (Å²) in [4.78, 5) is 23.4. The molecule has 0 unspecified atom stereocenters. The lowest BCUT2D eigenvalue weighted by atomic mass is 10.1. The van der Waals surface area contributed by atoms with Gasteiger partial charge in [-0.2, -0.15) is 0 Å². The number of carbonyl (C=O) groups excluding carboxylic acids is 2. The maximum Gasteiger partial charge on any atom is 0.273 e. The highest BCUT2D eigenvalue weighted by molar-refractivity contribution is 5.93. The van der Waals surface area contributed by atoms with E-state index in [1.807, 2.05) is 0 Å². The van der Waals surface area contributed by atoms with Crippen molar-refractivity contribution in [3.8, 4) is 11.3 Å². The average molecular weight is 335 g/mol. The fraction of sp³-hybridized carbons (Fsp3) is 0.312. The summed E-state index contributed by atoms with van der Waals surface area (Å²) in [5.74, 6) is -0.631. The van der Waals surface area contributed by atoms with Crippen LogP contribution in [0.1, 0.15) is 16.9 Å². The molecule has 0 spiro atoms. The van der Waals surface area contributed by atoms with E-state index in [2.05, 4.69) is 15.8 Å². The standard InChI is InChI=1S/C16H18FN3O4/c1-23-9-8-18-15(21)6-7-19-16(22)13-10-14(24-20-13)11-2-4-12(17)5-3-11/h2-5,10H,6-9H2,1H3,(H,18,21)(H,19,22). The van der Waals surface area contributed by atoms with Crippen molar-refractivity contribution in [2.45, 2.75) is 6.42 Å². The first-order valence-electron chi connectivity index (χ1n) is 7.36. The summed E-state index contributed by atoms with van der Waals surface area (Å²) in [7, 11) is 1.55. The van der Waals surface area contributed by atoms with E-state index in [1.54, 1.807) is 7.11 Å². The fourth-order valence-electron chi connectivity index (χ4n) is 1.89. The van der Waals surface area contributed by atoms with Gasteiger partial charge in [-0.05, 0) is 24.3 Å². The van der Waals surface area contributed by atoms with Crippen LogP contribution in [0.15, 0.2) is 34.9 Å². The highest BCUT2D eigenvalue weighted by Crippen LogP contribution is 2.20. The van der Waals surface area contributed by atoms with Gasteiger partial charge >= 0.3 is 0 Å². The molecular formula is C16H18FN3O4. The molecule has 2 N–H and O–H groups in total. The molecular weight excluding hydrogens is 317 g/mol. The fourth-order valence-corrected chi connectivity index (χ4v) is 1.89. The van der Waals surface area contributed by atoms with Crippen molar-refractivity contribution >= 4 is 11.8 Å². The van der Waals surface area contributed by atoms with E-state index < -0.39 is 5.91 Å². The van der Waals surface area contributed by atoms with Gasteiger partial charge in [0.2, 0.25) is 5.91 Å². The van der Waals surface area contributed by atoms with Crippen LogP contribution >= 0.6 is 0 Å². The van der Waals surface area contributed by atoms with Crippen LogP contribution in [0.4, 0.5) is 4.39 Å². The molecule has 2 amide bonds. The molecule has 2 aromatic rings. The van der Waals surface area contributed by atoms with Crippen LogP contribution < -0.4 is 10.6 Å². The largest absolute Gasteiger partial charge is 0.383 e. The predicted molar refractivity (Wildman–Crippen MR) is 83.7 cm³/mol. The highest BCUT2D eigenvalue weighted by atomic mass is 19.1. The highest BCUT2D eigenvalue weighted by Gasteiger charge is 2.13. The van der Waals surface area contributed by atoms with Gasteiger partial charge in [0.15, 0.2) is 11.5 Å². The first kappa shape index (κ1) is 17.6. The summed E-state index contributed by atoms with van der Waals surface area (Å²) in [6, 6.07) is 7.10. The van der Waals surface area contributed by atoms with Crippen molar-refractivity contribution in [3.63, 3.8) is 0 Å². The molecule has 0 radical (unpaired) electrons. The van der Waals surface area contributed by atoms with Gasteiger partial charge in [0.1, 0.15) is 5.82 Å². The van der Waals surface area contributed by atoms with Crippen molar-refractivity contribution in [2.24, 2.45) is 0 Å². The minimum Gasteiger partial charge on any atom is -0.383 e. The number of carbonyl (C=O) groups is 2. The minimum absolute atomic E-state index is 0.0918. The van der Waals surface area contributed by atoms with Gasteiger partial charge in [0.05, 0.1) is 6.61 Å². The molecule has 1 aromatic carbocycles. The van der Waals surface area contributed by atoms with E-state index in [0.717, 1.165) is 0 Å². The number of hydrogen-bond acceptors (Lipinski definition) is 5. The topological polar surface area (TPSA) is 93.5 Å². The zero-order valence-corrected chi connectivity index (χ0v) is 13.2. The Morgan fingerprint density at radius 1 is 1.21 bits per heavy atom. The molecule has 0 aliphatic heterocycles. The Hall–Kier alpha value is -2.74. The van der Waals surface area contributed by atoms with E-state index in [1.165, 1.54) is 30.3 Å². The number of amides is 2. The van der Waals surface area contributed by atoms with Crippen LogP contribution in [0.3, 0.4) is 0 Å². The molecule has 24 heavy (non-hydrogen) atoms.